The molecule has 8 heteroatoms. The van der Waals surface area contributed by atoms with Crippen LogP contribution in [0.3, 0.4) is 0 Å². The van der Waals surface area contributed by atoms with E-state index in [1.54, 1.807) is 37.5 Å². The van der Waals surface area contributed by atoms with Crippen LogP contribution in [0.4, 0.5) is 0 Å². The first-order chi connectivity index (χ1) is 16.4. The van der Waals surface area contributed by atoms with Gasteiger partial charge < -0.3 is 0 Å². The highest BCUT2D eigenvalue weighted by Crippen LogP contribution is 2.54. The zero-order valence-corrected chi connectivity index (χ0v) is 31.2. The molecule has 192 valence electrons. The lowest BCUT2D eigenvalue weighted by molar-refractivity contribution is 1.74. The average Bonchev–Trinajstić information content (AvgIpc) is 3.44. The molecule has 0 aromatic carbocycles. The quantitative estimate of drug-likeness (QED) is 0.177. The van der Waals surface area contributed by atoms with Crippen LogP contribution in [0.5, 0.6) is 0 Å². The molecule has 0 radical (unpaired) electrons. The Morgan fingerprint density at radius 1 is 0.333 bits per heavy atom. The highest BCUT2D eigenvalue weighted by Gasteiger charge is 2.35. The molecule has 36 heavy (non-hydrogen) atoms. The molecule has 0 nitrogen and oxygen atoms in total. The van der Waals surface area contributed by atoms with Crippen molar-refractivity contribution < 1.29 is 0 Å². The van der Waals surface area contributed by atoms with Gasteiger partial charge in [0.2, 0.25) is 0 Å². The first kappa shape index (κ1) is 27.2. The lowest BCUT2D eigenvalue weighted by Gasteiger charge is -2.12. The molecule has 4 aromatic rings. The SMILES string of the molecule is C[Si](C)(C)c1cc2c(s1)-c1cc([Si](C)(C)C)sc1-c1cc([Si](C)(C)C)sc1-c1cc([Si](C)(C)C)sc1-2. The molecule has 0 spiro atoms. The van der Waals surface area contributed by atoms with Gasteiger partial charge in [0.05, 0.1) is 32.3 Å². The summed E-state index contributed by atoms with van der Waals surface area (Å²) in [4.78, 5) is 6.17. The molecule has 0 fully saturated rings. The Bertz CT molecular complexity index is 1140. The van der Waals surface area contributed by atoms with Crippen molar-refractivity contribution in [2.24, 2.45) is 0 Å². The van der Waals surface area contributed by atoms with E-state index in [1.807, 2.05) is 0 Å². The van der Waals surface area contributed by atoms with Gasteiger partial charge in [-0.2, -0.15) is 0 Å². The van der Waals surface area contributed by atoms with Gasteiger partial charge in [-0.25, -0.2) is 0 Å². The highest BCUT2D eigenvalue weighted by atomic mass is 32.1. The number of fused-ring (bicyclic) bond motifs is 8. The summed E-state index contributed by atoms with van der Waals surface area (Å²) < 4.78 is 6.56. The zero-order chi connectivity index (χ0) is 26.6. The van der Waals surface area contributed by atoms with Crippen molar-refractivity contribution in [1.29, 1.82) is 0 Å². The molecule has 0 atom stereocenters. The first-order valence-corrected chi connectivity index (χ1v) is 30.2. The normalized spacial score (nSPS) is 14.1. The summed E-state index contributed by atoms with van der Waals surface area (Å²) in [6.07, 6.45) is 0. The molecule has 0 unspecified atom stereocenters. The summed E-state index contributed by atoms with van der Waals surface area (Å²) in [6, 6.07) is 10.5. The van der Waals surface area contributed by atoms with Gasteiger partial charge in [0, 0.05) is 41.8 Å². The maximum absolute atomic E-state index is 2.61. The lowest BCUT2D eigenvalue weighted by Crippen LogP contribution is -2.35. The van der Waals surface area contributed by atoms with E-state index in [9.17, 15) is 0 Å². The predicted octanol–water partition coefficient (Wildman–Crippen LogP) is 9.09. The van der Waals surface area contributed by atoms with E-state index >= 15 is 0 Å². The molecule has 0 aliphatic heterocycles. The smallest absolute Gasteiger partial charge is 0.0904 e. The summed E-state index contributed by atoms with van der Waals surface area (Å²) in [7, 11) is -5.72. The van der Waals surface area contributed by atoms with Crippen molar-refractivity contribution in [3.05, 3.63) is 24.3 Å². The number of hydrogen-bond donors (Lipinski definition) is 0. The van der Waals surface area contributed by atoms with Crippen LogP contribution in [0.15, 0.2) is 24.3 Å². The van der Waals surface area contributed by atoms with Crippen LogP contribution in [0.2, 0.25) is 78.6 Å². The number of thiophene rings is 4. The van der Waals surface area contributed by atoms with Crippen molar-refractivity contribution in [1.82, 2.24) is 0 Å². The minimum atomic E-state index is -1.43. The van der Waals surface area contributed by atoms with Gasteiger partial charge in [-0.05, 0) is 42.3 Å². The standard InChI is InChI=1S/C28H40S4Si4/c1-33(2,3)21-13-17-25(29-21)18-14-22(34(4,5)6)31-27(18)20-16-24(36(10,11)12)32-28(20)19-15-23(30-26(17)19)35(7,8)9/h13-16H,1-12H3. The van der Waals surface area contributed by atoms with Crippen molar-refractivity contribution in [2.45, 2.75) is 78.6 Å². The van der Waals surface area contributed by atoms with Crippen molar-refractivity contribution in [3.63, 3.8) is 0 Å². The molecule has 4 heterocycles. The molecule has 0 saturated heterocycles. The van der Waals surface area contributed by atoms with Crippen LogP contribution in [0, 0.1) is 0 Å². The molecule has 1 aliphatic rings. The predicted molar refractivity (Wildman–Crippen MR) is 185 cm³/mol. The largest absolute Gasteiger partial charge is 0.144 e. The Balaban J connectivity index is 1.93. The summed E-state index contributed by atoms with van der Waals surface area (Å²) >= 11 is 8.45. The van der Waals surface area contributed by atoms with E-state index in [2.05, 4.69) is 148 Å². The Labute approximate surface area is 238 Å². The van der Waals surface area contributed by atoms with Crippen LogP contribution in [-0.2, 0) is 0 Å². The second-order valence-electron chi connectivity index (χ2n) is 14.4. The summed E-state index contributed by atoms with van der Waals surface area (Å²) in [5.74, 6) is 0. The van der Waals surface area contributed by atoms with Crippen molar-refractivity contribution in [2.75, 3.05) is 0 Å². The molecule has 5 rings (SSSR count). The third-order valence-corrected chi connectivity index (χ3v) is 25.9. The Morgan fingerprint density at radius 3 is 0.639 bits per heavy atom. The van der Waals surface area contributed by atoms with Gasteiger partial charge in [0.1, 0.15) is 0 Å². The van der Waals surface area contributed by atoms with E-state index in [4.69, 9.17) is 0 Å². The van der Waals surface area contributed by atoms with Gasteiger partial charge in [0.15, 0.2) is 0 Å². The molecule has 0 amide bonds. The maximum Gasteiger partial charge on any atom is 0.0904 e. The highest BCUT2D eigenvalue weighted by molar-refractivity contribution is 7.34. The molecular formula is C28H40S4Si4. The van der Waals surface area contributed by atoms with Crippen LogP contribution in [-0.4, -0.2) is 32.3 Å². The van der Waals surface area contributed by atoms with Gasteiger partial charge >= 0.3 is 0 Å². The molecule has 1 aliphatic carbocycles. The van der Waals surface area contributed by atoms with Crippen LogP contribution >= 0.6 is 45.3 Å². The molecular weight excluding hydrogens is 577 g/mol. The van der Waals surface area contributed by atoms with Crippen molar-refractivity contribution in [3.8, 4) is 41.8 Å². The lowest BCUT2D eigenvalue weighted by atomic mass is 9.98. The minimum absolute atomic E-state index is 1.43. The molecule has 4 aromatic heterocycles. The Morgan fingerprint density at radius 2 is 0.500 bits per heavy atom. The van der Waals surface area contributed by atoms with Gasteiger partial charge in [-0.15, -0.1) is 45.3 Å². The number of rotatable bonds is 4. The summed E-state index contributed by atoms with van der Waals surface area (Å²) in [5.41, 5.74) is 6.10. The first-order valence-electron chi connectivity index (χ1n) is 12.9. The third-order valence-electron chi connectivity index (χ3n) is 6.86. The summed E-state index contributed by atoms with van der Waals surface area (Å²) in [6.45, 7) is 30.1. The monoisotopic (exact) mass is 616 g/mol. The van der Waals surface area contributed by atoms with E-state index < -0.39 is 32.3 Å². The van der Waals surface area contributed by atoms with E-state index in [0.717, 1.165) is 0 Å². The molecule has 0 saturated carbocycles. The van der Waals surface area contributed by atoms with Gasteiger partial charge in [0.25, 0.3) is 0 Å². The second kappa shape index (κ2) is 8.58. The fraction of sp³-hybridized carbons (Fsp3) is 0.429. The average molecular weight is 617 g/mol. The summed E-state index contributed by atoms with van der Waals surface area (Å²) in [5, 5.41) is 0. The third kappa shape index (κ3) is 4.67. The van der Waals surface area contributed by atoms with E-state index in [-0.39, 0.29) is 0 Å². The molecule has 0 bridgehead atoms. The fourth-order valence-electron chi connectivity index (χ4n) is 4.52. The maximum atomic E-state index is 2.61. The van der Waals surface area contributed by atoms with Crippen LogP contribution < -0.4 is 18.0 Å². The van der Waals surface area contributed by atoms with Crippen LogP contribution in [0.1, 0.15) is 0 Å². The second-order valence-corrected chi connectivity index (χ2v) is 40.2. The number of hydrogen-bond acceptors (Lipinski definition) is 4. The van der Waals surface area contributed by atoms with Crippen molar-refractivity contribution >= 4 is 95.6 Å². The topological polar surface area (TPSA) is 0 Å². The van der Waals surface area contributed by atoms with Gasteiger partial charge in [-0.3, -0.25) is 0 Å². The molecule has 0 N–H and O–H groups in total. The minimum Gasteiger partial charge on any atom is -0.144 e. The Hall–Kier alpha value is -0.332. The zero-order valence-electron chi connectivity index (χ0n) is 23.9. The Kier molecular flexibility index (Phi) is 6.49. The van der Waals surface area contributed by atoms with Gasteiger partial charge in [-0.1, -0.05) is 78.6 Å². The fourth-order valence-corrected chi connectivity index (χ4v) is 17.0. The van der Waals surface area contributed by atoms with E-state index in [0.29, 0.717) is 0 Å². The van der Waals surface area contributed by atoms with Crippen LogP contribution in [0.25, 0.3) is 41.8 Å². The van der Waals surface area contributed by atoms with E-state index in [1.165, 1.54) is 22.3 Å².